The number of carbonyl (C=O) groups is 1. The van der Waals surface area contributed by atoms with Gasteiger partial charge in [-0.3, -0.25) is 9.69 Å². The van der Waals surface area contributed by atoms with Crippen LogP contribution in [0.2, 0.25) is 0 Å². The molecule has 0 aliphatic heterocycles. The van der Waals surface area contributed by atoms with E-state index in [2.05, 4.69) is 4.98 Å². The van der Waals surface area contributed by atoms with Gasteiger partial charge in [0, 0.05) is 13.1 Å². The number of aryl methyl sites for hydroxylation is 1. The van der Waals surface area contributed by atoms with Gasteiger partial charge in [-0.1, -0.05) is 0 Å². The van der Waals surface area contributed by atoms with Gasteiger partial charge in [0.05, 0.1) is 12.1 Å². The topological polar surface area (TPSA) is 66.6 Å². The highest BCUT2D eigenvalue weighted by Gasteiger charge is 2.07. The number of aliphatic carboxylic acids is 1. The van der Waals surface area contributed by atoms with Crippen LogP contribution < -0.4 is 0 Å². The maximum Gasteiger partial charge on any atom is 0.304 e. The van der Waals surface area contributed by atoms with Gasteiger partial charge in [0.15, 0.2) is 6.39 Å². The van der Waals surface area contributed by atoms with Gasteiger partial charge in [-0.2, -0.15) is 0 Å². The molecule has 78 valence electrons. The lowest BCUT2D eigenvalue weighted by atomic mass is 10.3. The smallest absolute Gasteiger partial charge is 0.304 e. The largest absolute Gasteiger partial charge is 0.481 e. The summed E-state index contributed by atoms with van der Waals surface area (Å²) in [6.07, 6.45) is 1.54. The highest BCUT2D eigenvalue weighted by atomic mass is 16.4. The summed E-state index contributed by atoms with van der Waals surface area (Å²) in [5.41, 5.74) is 0.859. The zero-order valence-corrected chi connectivity index (χ0v) is 8.36. The predicted octanol–water partition coefficient (Wildman–Crippen LogP) is 0.890. The fourth-order valence-electron chi connectivity index (χ4n) is 1.10. The highest BCUT2D eigenvalue weighted by molar-refractivity contribution is 5.66. The molecule has 0 saturated carbocycles. The Morgan fingerprint density at radius 3 is 2.93 bits per heavy atom. The molecule has 0 amide bonds. The second-order valence-electron chi connectivity index (χ2n) is 3.24. The molecule has 0 saturated heterocycles. The van der Waals surface area contributed by atoms with Gasteiger partial charge >= 0.3 is 5.97 Å². The van der Waals surface area contributed by atoms with E-state index in [0.29, 0.717) is 13.1 Å². The SMILES string of the molecule is Cc1ocnc1CN(C)CCC(=O)O. The Balaban J connectivity index is 2.37. The summed E-state index contributed by atoms with van der Waals surface area (Å²) in [7, 11) is 1.86. The van der Waals surface area contributed by atoms with Crippen LogP contribution in [0.5, 0.6) is 0 Å². The van der Waals surface area contributed by atoms with Gasteiger partial charge in [-0.05, 0) is 14.0 Å². The standard InChI is InChI=1S/C9H14N2O3/c1-7-8(10-6-14-7)5-11(2)4-3-9(12)13/h6H,3-5H2,1-2H3,(H,12,13). The van der Waals surface area contributed by atoms with Crippen LogP contribution in [-0.4, -0.2) is 34.6 Å². The molecule has 0 aromatic carbocycles. The normalized spacial score (nSPS) is 10.8. The van der Waals surface area contributed by atoms with Crippen molar-refractivity contribution in [3.63, 3.8) is 0 Å². The molecule has 5 nitrogen and oxygen atoms in total. The molecule has 1 aromatic heterocycles. The number of oxazole rings is 1. The van der Waals surface area contributed by atoms with Crippen LogP contribution in [-0.2, 0) is 11.3 Å². The van der Waals surface area contributed by atoms with Crippen LogP contribution in [0.1, 0.15) is 17.9 Å². The molecule has 1 heterocycles. The summed E-state index contributed by atoms with van der Waals surface area (Å²) in [5, 5.41) is 8.48. The van der Waals surface area contributed by atoms with E-state index in [-0.39, 0.29) is 6.42 Å². The third-order valence-corrected chi connectivity index (χ3v) is 1.97. The van der Waals surface area contributed by atoms with E-state index in [1.54, 1.807) is 0 Å². The molecule has 0 atom stereocenters. The number of carboxylic acid groups (broad SMARTS) is 1. The van der Waals surface area contributed by atoms with Gasteiger partial charge < -0.3 is 9.52 Å². The zero-order chi connectivity index (χ0) is 10.6. The lowest BCUT2D eigenvalue weighted by Gasteiger charge is -2.13. The first kappa shape index (κ1) is 10.7. The molecule has 0 fully saturated rings. The molecular weight excluding hydrogens is 184 g/mol. The Morgan fingerprint density at radius 2 is 2.43 bits per heavy atom. The predicted molar refractivity (Wildman–Crippen MR) is 49.8 cm³/mol. The van der Waals surface area contributed by atoms with Gasteiger partial charge in [0.25, 0.3) is 0 Å². The minimum Gasteiger partial charge on any atom is -0.481 e. The maximum atomic E-state index is 10.3. The van der Waals surface area contributed by atoms with Crippen molar-refractivity contribution in [2.75, 3.05) is 13.6 Å². The fourth-order valence-corrected chi connectivity index (χ4v) is 1.10. The fraction of sp³-hybridized carbons (Fsp3) is 0.556. The summed E-state index contributed by atoms with van der Waals surface area (Å²) >= 11 is 0. The molecule has 1 N–H and O–H groups in total. The summed E-state index contributed by atoms with van der Waals surface area (Å²) in [6.45, 7) is 2.98. The molecule has 0 radical (unpaired) electrons. The molecule has 0 aliphatic carbocycles. The first-order valence-electron chi connectivity index (χ1n) is 4.39. The van der Waals surface area contributed by atoms with Crippen molar-refractivity contribution in [1.29, 1.82) is 0 Å². The Kier molecular flexibility index (Phi) is 3.64. The molecule has 1 aromatic rings. The lowest BCUT2D eigenvalue weighted by molar-refractivity contribution is -0.137. The second kappa shape index (κ2) is 4.76. The van der Waals surface area contributed by atoms with Crippen molar-refractivity contribution in [2.45, 2.75) is 19.9 Å². The summed E-state index contributed by atoms with van der Waals surface area (Å²) in [4.78, 5) is 16.2. The van der Waals surface area contributed by atoms with Crippen molar-refractivity contribution in [3.05, 3.63) is 17.8 Å². The Bertz CT molecular complexity index is 309. The van der Waals surface area contributed by atoms with Crippen molar-refractivity contribution in [2.24, 2.45) is 0 Å². The summed E-state index contributed by atoms with van der Waals surface area (Å²) in [5.74, 6) is 0.000833. The molecule has 0 unspecified atom stereocenters. The highest BCUT2D eigenvalue weighted by Crippen LogP contribution is 2.07. The first-order chi connectivity index (χ1) is 6.59. The van der Waals surface area contributed by atoms with Crippen LogP contribution >= 0.6 is 0 Å². The third-order valence-electron chi connectivity index (χ3n) is 1.97. The van der Waals surface area contributed by atoms with Crippen molar-refractivity contribution in [3.8, 4) is 0 Å². The lowest BCUT2D eigenvalue weighted by Crippen LogP contribution is -2.21. The van der Waals surface area contributed by atoms with E-state index < -0.39 is 5.97 Å². The number of nitrogens with zero attached hydrogens (tertiary/aromatic N) is 2. The maximum absolute atomic E-state index is 10.3. The molecule has 14 heavy (non-hydrogen) atoms. The van der Waals surface area contributed by atoms with Crippen LogP contribution in [0.15, 0.2) is 10.8 Å². The molecular formula is C9H14N2O3. The third kappa shape index (κ3) is 3.18. The van der Waals surface area contributed by atoms with Crippen LogP contribution in [0.3, 0.4) is 0 Å². The molecule has 0 bridgehead atoms. The number of carboxylic acids is 1. The van der Waals surface area contributed by atoms with E-state index in [9.17, 15) is 4.79 Å². The Labute approximate surface area is 82.4 Å². The monoisotopic (exact) mass is 198 g/mol. The quantitative estimate of drug-likeness (QED) is 0.761. The van der Waals surface area contributed by atoms with Gasteiger partial charge in [0.2, 0.25) is 0 Å². The number of hydrogen-bond acceptors (Lipinski definition) is 4. The van der Waals surface area contributed by atoms with Crippen LogP contribution in [0.4, 0.5) is 0 Å². The van der Waals surface area contributed by atoms with Gasteiger partial charge in [-0.25, -0.2) is 4.98 Å². The number of hydrogen-bond donors (Lipinski definition) is 1. The van der Waals surface area contributed by atoms with E-state index in [1.807, 2.05) is 18.9 Å². The average Bonchev–Trinajstić information content (AvgIpc) is 2.49. The van der Waals surface area contributed by atoms with Crippen LogP contribution in [0.25, 0.3) is 0 Å². The van der Waals surface area contributed by atoms with Gasteiger partial charge in [0.1, 0.15) is 5.76 Å². The Hall–Kier alpha value is -1.36. The Morgan fingerprint density at radius 1 is 1.71 bits per heavy atom. The average molecular weight is 198 g/mol. The van der Waals surface area contributed by atoms with E-state index in [0.717, 1.165) is 11.5 Å². The van der Waals surface area contributed by atoms with Crippen molar-refractivity contribution < 1.29 is 14.3 Å². The first-order valence-corrected chi connectivity index (χ1v) is 4.39. The van der Waals surface area contributed by atoms with E-state index in [4.69, 9.17) is 9.52 Å². The van der Waals surface area contributed by atoms with Crippen molar-refractivity contribution >= 4 is 5.97 Å². The molecule has 1 rings (SSSR count). The van der Waals surface area contributed by atoms with E-state index >= 15 is 0 Å². The zero-order valence-electron chi connectivity index (χ0n) is 8.36. The number of rotatable bonds is 5. The summed E-state index contributed by atoms with van der Waals surface area (Å²) in [6, 6.07) is 0. The van der Waals surface area contributed by atoms with Crippen molar-refractivity contribution in [1.82, 2.24) is 9.88 Å². The molecule has 5 heteroatoms. The second-order valence-corrected chi connectivity index (χ2v) is 3.24. The minimum atomic E-state index is -0.784. The summed E-state index contributed by atoms with van der Waals surface area (Å²) < 4.78 is 5.04. The van der Waals surface area contributed by atoms with Gasteiger partial charge in [-0.15, -0.1) is 0 Å². The van der Waals surface area contributed by atoms with Crippen LogP contribution in [0, 0.1) is 6.92 Å². The molecule has 0 spiro atoms. The number of aromatic nitrogens is 1. The van der Waals surface area contributed by atoms with E-state index in [1.165, 1.54) is 6.39 Å². The molecule has 0 aliphatic rings. The minimum absolute atomic E-state index is 0.146.